The first-order valence-corrected chi connectivity index (χ1v) is 7.00. The van der Waals surface area contributed by atoms with Gasteiger partial charge in [0.2, 0.25) is 0 Å². The van der Waals surface area contributed by atoms with Crippen LogP contribution in [0.4, 0.5) is 0 Å². The van der Waals surface area contributed by atoms with E-state index in [1.54, 1.807) is 7.11 Å². The van der Waals surface area contributed by atoms with Gasteiger partial charge in [-0.05, 0) is 41.1 Å². The summed E-state index contributed by atoms with van der Waals surface area (Å²) < 4.78 is 11.2. The number of hydrogen-bond donors (Lipinski definition) is 0. The predicted octanol–water partition coefficient (Wildman–Crippen LogP) is 4.71. The zero-order chi connectivity index (χ0) is 15.4. The monoisotopic (exact) mass is 289 g/mol. The molecule has 0 aromatic heterocycles. The van der Waals surface area contributed by atoms with Gasteiger partial charge in [-0.15, -0.1) is 0 Å². The highest BCUT2D eigenvalue weighted by Crippen LogP contribution is 2.29. The van der Waals surface area contributed by atoms with Crippen molar-refractivity contribution in [1.29, 1.82) is 5.26 Å². The van der Waals surface area contributed by atoms with E-state index in [0.717, 1.165) is 27.8 Å². The Hall–Kier alpha value is -2.99. The SMILES string of the molecule is COc1ccc2ccc(Oc3ccccc3CC#N)cc2c1. The summed E-state index contributed by atoms with van der Waals surface area (Å²) in [6.45, 7) is 0. The van der Waals surface area contributed by atoms with E-state index in [1.807, 2.05) is 60.7 Å². The number of hydrogen-bond acceptors (Lipinski definition) is 3. The van der Waals surface area contributed by atoms with Crippen molar-refractivity contribution in [2.75, 3.05) is 7.11 Å². The van der Waals surface area contributed by atoms with Gasteiger partial charge >= 0.3 is 0 Å². The second kappa shape index (κ2) is 6.19. The largest absolute Gasteiger partial charge is 0.497 e. The van der Waals surface area contributed by atoms with E-state index < -0.39 is 0 Å². The number of ether oxygens (including phenoxy) is 2. The average Bonchev–Trinajstić information content (AvgIpc) is 2.56. The van der Waals surface area contributed by atoms with Crippen molar-refractivity contribution in [2.24, 2.45) is 0 Å². The standard InChI is InChI=1S/C19H15NO2/c1-21-17-8-6-14-7-9-18(13-16(14)12-17)22-19-5-3-2-4-15(19)10-11-20/h2-9,12-13H,10H2,1H3. The highest BCUT2D eigenvalue weighted by atomic mass is 16.5. The predicted molar refractivity (Wildman–Crippen MR) is 86.3 cm³/mol. The molecule has 0 aliphatic rings. The smallest absolute Gasteiger partial charge is 0.131 e. The number of rotatable bonds is 4. The van der Waals surface area contributed by atoms with Crippen molar-refractivity contribution in [3.05, 3.63) is 66.2 Å². The molecule has 3 aromatic carbocycles. The normalized spacial score (nSPS) is 10.2. The number of benzene rings is 3. The molecule has 0 aliphatic carbocycles. The summed E-state index contributed by atoms with van der Waals surface area (Å²) in [5.41, 5.74) is 0.885. The van der Waals surface area contributed by atoms with Gasteiger partial charge in [-0.2, -0.15) is 5.26 Å². The van der Waals surface area contributed by atoms with Crippen molar-refractivity contribution in [2.45, 2.75) is 6.42 Å². The molecule has 0 N–H and O–H groups in total. The number of nitrogens with zero attached hydrogens (tertiary/aromatic N) is 1. The van der Waals surface area contributed by atoms with Crippen LogP contribution in [0.5, 0.6) is 17.2 Å². The Morgan fingerprint density at radius 1 is 0.909 bits per heavy atom. The highest BCUT2D eigenvalue weighted by molar-refractivity contribution is 5.85. The third kappa shape index (κ3) is 2.87. The van der Waals surface area contributed by atoms with Crippen LogP contribution >= 0.6 is 0 Å². The molecule has 0 heterocycles. The number of nitriles is 1. The summed E-state index contributed by atoms with van der Waals surface area (Å²) in [4.78, 5) is 0. The molecule has 0 unspecified atom stereocenters. The van der Waals surface area contributed by atoms with Gasteiger partial charge in [-0.1, -0.05) is 30.3 Å². The molecule has 3 rings (SSSR count). The van der Waals surface area contributed by atoms with Gasteiger partial charge in [-0.3, -0.25) is 0 Å². The molecule has 0 bridgehead atoms. The van der Waals surface area contributed by atoms with Gasteiger partial charge in [0.05, 0.1) is 19.6 Å². The van der Waals surface area contributed by atoms with Crippen LogP contribution in [0.3, 0.4) is 0 Å². The van der Waals surface area contributed by atoms with E-state index in [-0.39, 0.29) is 0 Å². The Morgan fingerprint density at radius 3 is 2.41 bits per heavy atom. The van der Waals surface area contributed by atoms with Gasteiger partial charge in [0.1, 0.15) is 17.2 Å². The summed E-state index contributed by atoms with van der Waals surface area (Å²) >= 11 is 0. The Labute approximate surface area is 129 Å². The summed E-state index contributed by atoms with van der Waals surface area (Å²) in [6.07, 6.45) is 0.331. The molecular formula is C19H15NO2. The zero-order valence-electron chi connectivity index (χ0n) is 12.2. The van der Waals surface area contributed by atoms with Crippen LogP contribution in [-0.2, 0) is 6.42 Å². The van der Waals surface area contributed by atoms with Crippen LogP contribution < -0.4 is 9.47 Å². The van der Waals surface area contributed by atoms with E-state index >= 15 is 0 Å². The second-order valence-corrected chi connectivity index (χ2v) is 4.92. The molecular weight excluding hydrogens is 274 g/mol. The lowest BCUT2D eigenvalue weighted by atomic mass is 10.1. The van der Waals surface area contributed by atoms with Crippen molar-refractivity contribution >= 4 is 10.8 Å². The van der Waals surface area contributed by atoms with Crippen LogP contribution in [0.1, 0.15) is 5.56 Å². The molecule has 3 heteroatoms. The van der Waals surface area contributed by atoms with Crippen LogP contribution in [0, 0.1) is 11.3 Å². The molecule has 0 saturated carbocycles. The van der Waals surface area contributed by atoms with Gasteiger partial charge in [0, 0.05) is 5.56 Å². The van der Waals surface area contributed by atoms with Crippen LogP contribution in [-0.4, -0.2) is 7.11 Å². The topological polar surface area (TPSA) is 42.2 Å². The maximum absolute atomic E-state index is 8.89. The summed E-state index contributed by atoms with van der Waals surface area (Å²) in [7, 11) is 1.65. The second-order valence-electron chi connectivity index (χ2n) is 4.92. The lowest BCUT2D eigenvalue weighted by Crippen LogP contribution is -1.91. The maximum Gasteiger partial charge on any atom is 0.131 e. The Balaban J connectivity index is 1.96. The van der Waals surface area contributed by atoms with E-state index in [9.17, 15) is 0 Å². The molecule has 0 amide bonds. The zero-order valence-corrected chi connectivity index (χ0v) is 12.2. The number of methoxy groups -OCH3 is 1. The minimum absolute atomic E-state index is 0.331. The van der Waals surface area contributed by atoms with Gasteiger partial charge in [0.25, 0.3) is 0 Å². The van der Waals surface area contributed by atoms with Crippen molar-refractivity contribution in [3.8, 4) is 23.3 Å². The molecule has 22 heavy (non-hydrogen) atoms. The molecule has 108 valence electrons. The molecule has 0 atom stereocenters. The first-order chi connectivity index (χ1) is 10.8. The highest BCUT2D eigenvalue weighted by Gasteiger charge is 2.05. The molecule has 0 aliphatic heterocycles. The molecule has 0 fully saturated rings. The number of para-hydroxylation sites is 1. The Kier molecular flexibility index (Phi) is 3.93. The van der Waals surface area contributed by atoms with Gasteiger partial charge < -0.3 is 9.47 Å². The van der Waals surface area contributed by atoms with Crippen molar-refractivity contribution in [1.82, 2.24) is 0 Å². The lowest BCUT2D eigenvalue weighted by molar-refractivity contribution is 0.415. The van der Waals surface area contributed by atoms with Crippen LogP contribution in [0.2, 0.25) is 0 Å². The average molecular weight is 289 g/mol. The van der Waals surface area contributed by atoms with E-state index in [0.29, 0.717) is 12.2 Å². The third-order valence-electron chi connectivity index (χ3n) is 3.49. The summed E-state index contributed by atoms with van der Waals surface area (Å²) in [5.74, 6) is 2.27. The summed E-state index contributed by atoms with van der Waals surface area (Å²) in [5, 5.41) is 11.1. The first kappa shape index (κ1) is 14.0. The number of fused-ring (bicyclic) bond motifs is 1. The quantitative estimate of drug-likeness (QED) is 0.698. The first-order valence-electron chi connectivity index (χ1n) is 7.00. The fourth-order valence-electron chi connectivity index (χ4n) is 2.35. The fourth-order valence-corrected chi connectivity index (χ4v) is 2.35. The maximum atomic E-state index is 8.89. The van der Waals surface area contributed by atoms with E-state index in [4.69, 9.17) is 14.7 Å². The van der Waals surface area contributed by atoms with Crippen LogP contribution in [0.15, 0.2) is 60.7 Å². The summed E-state index contributed by atoms with van der Waals surface area (Å²) in [6, 6.07) is 21.6. The van der Waals surface area contributed by atoms with Gasteiger partial charge in [-0.25, -0.2) is 0 Å². The molecule has 0 radical (unpaired) electrons. The van der Waals surface area contributed by atoms with Crippen molar-refractivity contribution in [3.63, 3.8) is 0 Å². The van der Waals surface area contributed by atoms with E-state index in [2.05, 4.69) is 6.07 Å². The minimum Gasteiger partial charge on any atom is -0.497 e. The van der Waals surface area contributed by atoms with Crippen LogP contribution in [0.25, 0.3) is 10.8 Å². The molecule has 3 aromatic rings. The third-order valence-corrected chi connectivity index (χ3v) is 3.49. The van der Waals surface area contributed by atoms with Crippen molar-refractivity contribution < 1.29 is 9.47 Å². The Bertz CT molecular complexity index is 849. The molecule has 0 saturated heterocycles. The lowest BCUT2D eigenvalue weighted by Gasteiger charge is -2.10. The van der Waals surface area contributed by atoms with Gasteiger partial charge in [0.15, 0.2) is 0 Å². The Morgan fingerprint density at radius 2 is 1.64 bits per heavy atom. The minimum atomic E-state index is 0.331. The molecule has 0 spiro atoms. The van der Waals surface area contributed by atoms with E-state index in [1.165, 1.54) is 0 Å². The molecule has 3 nitrogen and oxygen atoms in total. The fraction of sp³-hybridized carbons (Fsp3) is 0.105.